The second kappa shape index (κ2) is 12.4. The smallest absolute Gasteiger partial charge is 0.257 e. The minimum atomic E-state index is -3.18. The van der Waals surface area contributed by atoms with E-state index in [0.29, 0.717) is 31.7 Å². The summed E-state index contributed by atoms with van der Waals surface area (Å²) in [4.78, 5) is 29.0. The van der Waals surface area contributed by atoms with Crippen molar-refractivity contribution in [2.45, 2.75) is 89.1 Å². The minimum absolute atomic E-state index is 0.00866. The van der Waals surface area contributed by atoms with E-state index >= 15 is 0 Å². The predicted octanol–water partition coefficient (Wildman–Crippen LogP) is 4.18. The molecule has 1 aromatic heterocycles. The van der Waals surface area contributed by atoms with Crippen molar-refractivity contribution in [1.82, 2.24) is 29.0 Å². The fourth-order valence-corrected chi connectivity index (χ4v) is 9.76. The molecular formula is C33H47FN6O3S. The molecule has 11 heteroatoms. The SMILES string of the molecule is Cc1ncnc(C)c1C(=O)N1CCC(C)(N2CCN([C@@H](c3cccc(F)c3)C3CCN(S(=O)(=O)C4CC4)CC3)[C@@H](C)C2)CC1. The van der Waals surface area contributed by atoms with Crippen LogP contribution in [0.25, 0.3) is 0 Å². The van der Waals surface area contributed by atoms with E-state index in [-0.39, 0.29) is 40.5 Å². The van der Waals surface area contributed by atoms with E-state index in [0.717, 1.165) is 75.1 Å². The number of piperidine rings is 2. The number of nitrogens with zero attached hydrogens (tertiary/aromatic N) is 6. The molecule has 2 aromatic rings. The lowest BCUT2D eigenvalue weighted by molar-refractivity contribution is -0.0422. The maximum atomic E-state index is 14.5. The molecule has 2 atom stereocenters. The number of rotatable bonds is 7. The number of carbonyl (C=O) groups excluding carboxylic acids is 1. The molecular weight excluding hydrogens is 579 g/mol. The first-order valence-electron chi connectivity index (χ1n) is 16.3. The zero-order valence-corrected chi connectivity index (χ0v) is 27.4. The van der Waals surface area contributed by atoms with Gasteiger partial charge >= 0.3 is 0 Å². The fourth-order valence-electron chi connectivity index (χ4n) is 7.89. The molecule has 0 radical (unpaired) electrons. The zero-order chi connectivity index (χ0) is 31.2. The average Bonchev–Trinajstić information content (AvgIpc) is 3.85. The van der Waals surface area contributed by atoms with Crippen molar-refractivity contribution in [3.63, 3.8) is 0 Å². The van der Waals surface area contributed by atoms with Gasteiger partial charge in [0.05, 0.1) is 22.2 Å². The maximum Gasteiger partial charge on any atom is 0.257 e. The Morgan fingerprint density at radius 2 is 1.64 bits per heavy atom. The van der Waals surface area contributed by atoms with Gasteiger partial charge in [0.25, 0.3) is 5.91 Å². The van der Waals surface area contributed by atoms with Gasteiger partial charge < -0.3 is 4.90 Å². The molecule has 240 valence electrons. The van der Waals surface area contributed by atoms with Gasteiger partial charge in [-0.05, 0) is 89.8 Å². The summed E-state index contributed by atoms with van der Waals surface area (Å²) in [5.41, 5.74) is 3.05. The average molecular weight is 627 g/mol. The van der Waals surface area contributed by atoms with Gasteiger partial charge in [0, 0.05) is 63.4 Å². The van der Waals surface area contributed by atoms with Gasteiger partial charge in [-0.3, -0.25) is 14.6 Å². The summed E-state index contributed by atoms with van der Waals surface area (Å²) in [5.74, 6) is 0.0544. The largest absolute Gasteiger partial charge is 0.338 e. The summed E-state index contributed by atoms with van der Waals surface area (Å²) >= 11 is 0. The Morgan fingerprint density at radius 3 is 2.23 bits per heavy atom. The first-order valence-corrected chi connectivity index (χ1v) is 17.8. The van der Waals surface area contributed by atoms with Crippen molar-refractivity contribution in [3.8, 4) is 0 Å². The van der Waals surface area contributed by atoms with Crippen LogP contribution in [0.4, 0.5) is 4.39 Å². The first-order chi connectivity index (χ1) is 21.0. The highest BCUT2D eigenvalue weighted by Gasteiger charge is 2.45. The third-order valence-electron chi connectivity index (χ3n) is 10.8. The lowest BCUT2D eigenvalue weighted by atomic mass is 9.82. The molecule has 0 N–H and O–H groups in total. The quantitative estimate of drug-likeness (QED) is 0.456. The first kappa shape index (κ1) is 31.5. The van der Waals surface area contributed by atoms with Gasteiger partial charge in [-0.25, -0.2) is 27.1 Å². The van der Waals surface area contributed by atoms with Crippen molar-refractivity contribution in [2.75, 3.05) is 45.8 Å². The lowest BCUT2D eigenvalue weighted by Crippen LogP contribution is -2.63. The topological polar surface area (TPSA) is 90.0 Å². The molecule has 4 fully saturated rings. The van der Waals surface area contributed by atoms with E-state index in [9.17, 15) is 17.6 Å². The van der Waals surface area contributed by atoms with Crippen LogP contribution in [0.5, 0.6) is 0 Å². The second-order valence-corrected chi connectivity index (χ2v) is 15.9. The molecule has 1 saturated carbocycles. The third kappa shape index (κ3) is 6.17. The monoisotopic (exact) mass is 626 g/mol. The molecule has 44 heavy (non-hydrogen) atoms. The molecule has 4 aliphatic rings. The van der Waals surface area contributed by atoms with Crippen LogP contribution in [-0.2, 0) is 10.0 Å². The van der Waals surface area contributed by atoms with E-state index in [1.807, 2.05) is 24.8 Å². The molecule has 1 aromatic carbocycles. The number of hydrogen-bond donors (Lipinski definition) is 0. The van der Waals surface area contributed by atoms with Crippen LogP contribution in [0.15, 0.2) is 30.6 Å². The van der Waals surface area contributed by atoms with Crippen LogP contribution in [0.2, 0.25) is 0 Å². The van der Waals surface area contributed by atoms with Gasteiger partial charge in [0.2, 0.25) is 10.0 Å². The van der Waals surface area contributed by atoms with Crippen molar-refractivity contribution >= 4 is 15.9 Å². The van der Waals surface area contributed by atoms with Gasteiger partial charge in [0.15, 0.2) is 0 Å². The Balaban J connectivity index is 1.12. The van der Waals surface area contributed by atoms with E-state index in [4.69, 9.17) is 0 Å². The van der Waals surface area contributed by atoms with Crippen LogP contribution < -0.4 is 0 Å². The van der Waals surface area contributed by atoms with E-state index < -0.39 is 10.0 Å². The normalized spacial score (nSPS) is 25.2. The summed E-state index contributed by atoms with van der Waals surface area (Å²) in [6.45, 7) is 13.5. The van der Waals surface area contributed by atoms with Gasteiger partial charge in [-0.2, -0.15) is 0 Å². The van der Waals surface area contributed by atoms with Gasteiger partial charge in [-0.1, -0.05) is 12.1 Å². The van der Waals surface area contributed by atoms with E-state index in [1.54, 1.807) is 16.4 Å². The number of hydrogen-bond acceptors (Lipinski definition) is 7. The van der Waals surface area contributed by atoms with E-state index in [2.05, 4.69) is 33.6 Å². The Bertz CT molecular complexity index is 1450. The molecule has 3 aliphatic heterocycles. The number of carbonyl (C=O) groups is 1. The maximum absolute atomic E-state index is 14.5. The summed E-state index contributed by atoms with van der Waals surface area (Å²) in [6.07, 6.45) is 6.45. The number of benzene rings is 1. The van der Waals surface area contributed by atoms with Crippen molar-refractivity contribution in [1.29, 1.82) is 0 Å². The van der Waals surface area contributed by atoms with Gasteiger partial charge in [0.1, 0.15) is 12.1 Å². The minimum Gasteiger partial charge on any atom is -0.338 e. The van der Waals surface area contributed by atoms with Crippen LogP contribution in [0.3, 0.4) is 0 Å². The van der Waals surface area contributed by atoms with Crippen LogP contribution >= 0.6 is 0 Å². The van der Waals surface area contributed by atoms with Crippen LogP contribution in [0, 0.1) is 25.6 Å². The van der Waals surface area contributed by atoms with Crippen LogP contribution in [0.1, 0.15) is 85.7 Å². The highest BCUT2D eigenvalue weighted by molar-refractivity contribution is 7.90. The Morgan fingerprint density at radius 1 is 0.977 bits per heavy atom. The molecule has 6 rings (SSSR count). The molecule has 1 amide bonds. The molecule has 9 nitrogen and oxygen atoms in total. The highest BCUT2D eigenvalue weighted by atomic mass is 32.2. The Hall–Kier alpha value is -2.47. The number of halogens is 1. The molecule has 3 saturated heterocycles. The number of piperazine rings is 1. The standard InChI is InChI=1S/C33H47FN6O3S/c1-23-21-38(33(4)12-16-37(17-13-33)32(41)30-24(2)35-22-36-25(30)3)18-19-40(23)31(27-6-5-7-28(34)20-27)26-10-14-39(15-11-26)44(42,43)29-8-9-29/h5-7,20,22-23,26,29,31H,8-19,21H2,1-4H3/t23-,31+/m0/s1. The molecule has 0 bridgehead atoms. The fraction of sp³-hybridized carbons (Fsp3) is 0.667. The zero-order valence-electron chi connectivity index (χ0n) is 26.6. The number of sulfonamides is 1. The molecule has 1 aliphatic carbocycles. The molecule has 4 heterocycles. The Kier molecular flexibility index (Phi) is 8.86. The second-order valence-electron chi connectivity index (χ2n) is 13.7. The summed E-state index contributed by atoms with van der Waals surface area (Å²) < 4.78 is 42.0. The lowest BCUT2D eigenvalue weighted by Gasteiger charge is -2.54. The summed E-state index contributed by atoms with van der Waals surface area (Å²) in [5, 5.41) is -0.182. The third-order valence-corrected chi connectivity index (χ3v) is 13.2. The number of likely N-dealkylation sites (tertiary alicyclic amines) is 1. The Labute approximate surface area is 261 Å². The van der Waals surface area contributed by atoms with Crippen molar-refractivity contribution in [3.05, 3.63) is 58.9 Å². The molecule has 0 unspecified atom stereocenters. The van der Waals surface area contributed by atoms with Crippen LogP contribution in [-0.4, -0.2) is 106 Å². The summed E-state index contributed by atoms with van der Waals surface area (Å²) in [6, 6.07) is 7.29. The van der Waals surface area contributed by atoms with E-state index in [1.165, 1.54) is 12.4 Å². The predicted molar refractivity (Wildman–Crippen MR) is 168 cm³/mol. The van der Waals surface area contributed by atoms with Crippen molar-refractivity contribution < 1.29 is 17.6 Å². The number of aromatic nitrogens is 2. The number of amides is 1. The van der Waals surface area contributed by atoms with Gasteiger partial charge in [-0.15, -0.1) is 0 Å². The number of aryl methyl sites for hydroxylation is 2. The van der Waals surface area contributed by atoms with Crippen molar-refractivity contribution in [2.24, 2.45) is 5.92 Å². The summed E-state index contributed by atoms with van der Waals surface area (Å²) in [7, 11) is -3.18. The highest BCUT2D eigenvalue weighted by Crippen LogP contribution is 2.41. The molecule has 0 spiro atoms.